The Morgan fingerprint density at radius 1 is 1.50 bits per heavy atom. The Morgan fingerprint density at radius 3 is 2.88 bits per heavy atom. The van der Waals surface area contributed by atoms with Gasteiger partial charge in [0.1, 0.15) is 0 Å². The van der Waals surface area contributed by atoms with Crippen LogP contribution in [-0.4, -0.2) is 30.6 Å². The highest BCUT2D eigenvalue weighted by atomic mass is 35.5. The maximum absolute atomic E-state index is 6.16. The van der Waals surface area contributed by atoms with Crippen LogP contribution < -0.4 is 5.32 Å². The second-order valence-corrected chi connectivity index (χ2v) is 3.71. The van der Waals surface area contributed by atoms with E-state index in [9.17, 15) is 0 Å². The van der Waals surface area contributed by atoms with Crippen molar-refractivity contribution in [2.75, 3.05) is 25.6 Å². The lowest BCUT2D eigenvalue weighted by molar-refractivity contribution is 0.210. The number of hydrogen-bond donors (Lipinski definition) is 1. The van der Waals surface area contributed by atoms with Crippen LogP contribution in [0.3, 0.4) is 0 Å². The predicted octanol–water partition coefficient (Wildman–Crippen LogP) is 2.51. The van der Waals surface area contributed by atoms with Crippen LogP contribution in [0.25, 0.3) is 5.03 Å². The molecule has 0 aliphatic heterocycles. The van der Waals surface area contributed by atoms with Crippen molar-refractivity contribution in [2.45, 2.75) is 20.3 Å². The summed E-state index contributed by atoms with van der Waals surface area (Å²) in [4.78, 5) is 0. The zero-order valence-corrected chi connectivity index (χ0v) is 10.5. The van der Waals surface area contributed by atoms with Crippen LogP contribution in [0.15, 0.2) is 10.2 Å². The predicted molar refractivity (Wildman–Crippen MR) is 63.4 cm³/mol. The van der Waals surface area contributed by atoms with Gasteiger partial charge in [-0.2, -0.15) is 0 Å². The molecule has 0 saturated carbocycles. The number of halogens is 1. The van der Waals surface area contributed by atoms with Crippen LogP contribution in [0, 0.1) is 0 Å². The molecule has 1 N–H and O–H groups in total. The largest absolute Gasteiger partial charge is 0.383 e. The van der Waals surface area contributed by atoms with E-state index >= 15 is 0 Å². The Labute approximate surface area is 99.8 Å². The minimum Gasteiger partial charge on any atom is -0.383 e. The Bertz CT molecular complexity index is 363. The van der Waals surface area contributed by atoms with Crippen molar-refractivity contribution in [1.82, 2.24) is 10.3 Å². The molecule has 0 fully saturated rings. The van der Waals surface area contributed by atoms with Crippen molar-refractivity contribution in [1.29, 1.82) is 0 Å². The number of nitrogens with one attached hydrogen (secondary N) is 1. The van der Waals surface area contributed by atoms with Crippen molar-refractivity contribution >= 4 is 22.5 Å². The van der Waals surface area contributed by atoms with Crippen LogP contribution in [-0.2, 0) is 4.74 Å². The van der Waals surface area contributed by atoms with E-state index in [1.807, 2.05) is 13.8 Å². The lowest BCUT2D eigenvalue weighted by Gasteiger charge is -2.04. The standard InChI is InChI=1S/C10H16ClN3O2/c1-4-7(2)8(11)9-10(14-16-13-9)12-5-6-15-3/h4-6H2,1-3H3,(H,12,14)/b8-7+. The first-order chi connectivity index (χ1) is 7.70. The molecule has 5 nitrogen and oxygen atoms in total. The number of allylic oxidation sites excluding steroid dienone is 1. The summed E-state index contributed by atoms with van der Waals surface area (Å²) < 4.78 is 9.59. The van der Waals surface area contributed by atoms with Gasteiger partial charge >= 0.3 is 0 Å². The zero-order chi connectivity index (χ0) is 12.0. The molecule has 16 heavy (non-hydrogen) atoms. The second-order valence-electron chi connectivity index (χ2n) is 3.33. The van der Waals surface area contributed by atoms with Crippen molar-refractivity contribution < 1.29 is 9.37 Å². The van der Waals surface area contributed by atoms with Crippen molar-refractivity contribution in [3.05, 3.63) is 11.3 Å². The van der Waals surface area contributed by atoms with E-state index in [-0.39, 0.29) is 0 Å². The van der Waals surface area contributed by atoms with Gasteiger partial charge in [0, 0.05) is 13.7 Å². The summed E-state index contributed by atoms with van der Waals surface area (Å²) in [6, 6.07) is 0. The van der Waals surface area contributed by atoms with Gasteiger partial charge in [-0.15, -0.1) is 0 Å². The number of ether oxygens (including phenoxy) is 1. The highest BCUT2D eigenvalue weighted by molar-refractivity contribution is 6.49. The van der Waals surface area contributed by atoms with E-state index in [0.29, 0.717) is 29.7 Å². The number of anilines is 1. The average molecular weight is 246 g/mol. The zero-order valence-electron chi connectivity index (χ0n) is 9.71. The van der Waals surface area contributed by atoms with E-state index < -0.39 is 0 Å². The number of hydrogen-bond acceptors (Lipinski definition) is 5. The van der Waals surface area contributed by atoms with Crippen LogP contribution in [0.2, 0.25) is 0 Å². The maximum Gasteiger partial charge on any atom is 0.199 e. The smallest absolute Gasteiger partial charge is 0.199 e. The van der Waals surface area contributed by atoms with Gasteiger partial charge in [0.25, 0.3) is 0 Å². The number of rotatable bonds is 6. The molecule has 0 saturated heterocycles. The third kappa shape index (κ3) is 3.21. The topological polar surface area (TPSA) is 60.2 Å². The maximum atomic E-state index is 6.16. The number of methoxy groups -OCH3 is 1. The molecule has 6 heteroatoms. The molecule has 0 radical (unpaired) electrons. The van der Waals surface area contributed by atoms with Gasteiger partial charge in [0.05, 0.1) is 11.6 Å². The molecule has 0 aliphatic rings. The van der Waals surface area contributed by atoms with Gasteiger partial charge in [-0.1, -0.05) is 24.1 Å². The number of nitrogens with zero attached hydrogens (tertiary/aromatic N) is 2. The fraction of sp³-hybridized carbons (Fsp3) is 0.600. The normalized spacial score (nSPS) is 12.5. The Kier molecular flexibility index (Phi) is 5.28. The van der Waals surface area contributed by atoms with Gasteiger partial charge in [-0.05, 0) is 23.7 Å². The molecule has 1 aromatic rings. The highest BCUT2D eigenvalue weighted by Gasteiger charge is 2.14. The first-order valence-corrected chi connectivity index (χ1v) is 5.49. The summed E-state index contributed by atoms with van der Waals surface area (Å²) in [5.74, 6) is 0.551. The molecule has 1 aromatic heterocycles. The lowest BCUT2D eigenvalue weighted by Crippen LogP contribution is -2.09. The number of aromatic nitrogens is 2. The molecule has 1 heterocycles. The fourth-order valence-electron chi connectivity index (χ4n) is 1.08. The van der Waals surface area contributed by atoms with E-state index in [1.54, 1.807) is 7.11 Å². The molecule has 0 amide bonds. The molecule has 0 unspecified atom stereocenters. The fourth-order valence-corrected chi connectivity index (χ4v) is 1.34. The van der Waals surface area contributed by atoms with Crippen molar-refractivity contribution in [2.24, 2.45) is 0 Å². The second kappa shape index (κ2) is 6.50. The molecule has 0 aromatic carbocycles. The highest BCUT2D eigenvalue weighted by Crippen LogP contribution is 2.27. The van der Waals surface area contributed by atoms with Crippen LogP contribution in [0.1, 0.15) is 26.0 Å². The van der Waals surface area contributed by atoms with Crippen LogP contribution in [0.5, 0.6) is 0 Å². The summed E-state index contributed by atoms with van der Waals surface area (Å²) in [6.45, 7) is 5.20. The van der Waals surface area contributed by atoms with Gasteiger partial charge in [0.2, 0.25) is 0 Å². The molecular formula is C10H16ClN3O2. The molecular weight excluding hydrogens is 230 g/mol. The van der Waals surface area contributed by atoms with E-state index in [2.05, 4.69) is 20.3 Å². The third-order valence-electron chi connectivity index (χ3n) is 2.20. The molecule has 1 rings (SSSR count). The molecule has 0 bridgehead atoms. The lowest BCUT2D eigenvalue weighted by atomic mass is 10.2. The minimum absolute atomic E-state index is 0.551. The van der Waals surface area contributed by atoms with Gasteiger partial charge < -0.3 is 10.1 Å². The molecule has 0 atom stereocenters. The molecule has 0 aliphatic carbocycles. The molecule has 0 spiro atoms. The van der Waals surface area contributed by atoms with E-state index in [0.717, 1.165) is 12.0 Å². The molecule has 90 valence electrons. The average Bonchev–Trinajstić information content (AvgIpc) is 2.75. The summed E-state index contributed by atoms with van der Waals surface area (Å²) in [5, 5.41) is 11.2. The van der Waals surface area contributed by atoms with E-state index in [1.165, 1.54) is 0 Å². The summed E-state index contributed by atoms with van der Waals surface area (Å²) >= 11 is 6.16. The quantitative estimate of drug-likeness (QED) is 0.781. The SMILES string of the molecule is CC/C(C)=C(/Cl)c1nonc1NCCOC. The Hall–Kier alpha value is -1.07. The van der Waals surface area contributed by atoms with Gasteiger partial charge in [-0.25, -0.2) is 4.63 Å². The first kappa shape index (κ1) is 13.0. The van der Waals surface area contributed by atoms with Gasteiger partial charge in [-0.3, -0.25) is 0 Å². The monoisotopic (exact) mass is 245 g/mol. The van der Waals surface area contributed by atoms with Crippen molar-refractivity contribution in [3.63, 3.8) is 0 Å². The first-order valence-electron chi connectivity index (χ1n) is 5.11. The summed E-state index contributed by atoms with van der Waals surface area (Å²) in [5.41, 5.74) is 1.60. The van der Waals surface area contributed by atoms with Crippen LogP contribution >= 0.6 is 11.6 Å². The van der Waals surface area contributed by atoms with Crippen molar-refractivity contribution in [3.8, 4) is 0 Å². The summed E-state index contributed by atoms with van der Waals surface area (Å²) in [6.07, 6.45) is 0.864. The minimum atomic E-state index is 0.551. The third-order valence-corrected chi connectivity index (χ3v) is 2.70. The van der Waals surface area contributed by atoms with E-state index in [4.69, 9.17) is 16.3 Å². The Morgan fingerprint density at radius 2 is 2.25 bits per heavy atom. The van der Waals surface area contributed by atoms with Gasteiger partial charge in [0.15, 0.2) is 11.5 Å². The Balaban J connectivity index is 2.78. The summed E-state index contributed by atoms with van der Waals surface area (Å²) in [7, 11) is 1.64. The van der Waals surface area contributed by atoms with Crippen LogP contribution in [0.4, 0.5) is 5.82 Å².